The maximum Gasteiger partial charge on any atom is 0.0985 e. The number of rotatable bonds is 1. The molecule has 42 valence electrons. The SMILES string of the molecule is NCC1CCC[NH2+]1. The fourth-order valence-electron chi connectivity index (χ4n) is 1.07. The highest BCUT2D eigenvalue weighted by atomic mass is 15.0. The van der Waals surface area contributed by atoms with Gasteiger partial charge < -0.3 is 11.1 Å². The Bertz CT molecular complexity index is 48.0. The van der Waals surface area contributed by atoms with E-state index in [1.807, 2.05) is 0 Å². The Morgan fingerprint density at radius 1 is 1.71 bits per heavy atom. The van der Waals surface area contributed by atoms with Crippen LogP contribution in [0.1, 0.15) is 12.8 Å². The molecule has 4 N–H and O–H groups in total. The normalized spacial score (nSPS) is 31.3. The summed E-state index contributed by atoms with van der Waals surface area (Å²) in [4.78, 5) is 0. The van der Waals surface area contributed by atoms with Gasteiger partial charge in [0.2, 0.25) is 0 Å². The summed E-state index contributed by atoms with van der Waals surface area (Å²) in [6.07, 6.45) is 2.69. The van der Waals surface area contributed by atoms with Crippen LogP contribution in [-0.4, -0.2) is 19.1 Å². The van der Waals surface area contributed by atoms with Crippen molar-refractivity contribution in [1.29, 1.82) is 0 Å². The van der Waals surface area contributed by atoms with Crippen molar-refractivity contribution < 1.29 is 5.32 Å². The van der Waals surface area contributed by atoms with E-state index in [2.05, 4.69) is 5.32 Å². The van der Waals surface area contributed by atoms with E-state index >= 15 is 0 Å². The molecule has 0 saturated carbocycles. The summed E-state index contributed by atoms with van der Waals surface area (Å²) in [6.45, 7) is 2.15. The lowest BCUT2D eigenvalue weighted by molar-refractivity contribution is -0.667. The van der Waals surface area contributed by atoms with Crippen LogP contribution in [0.2, 0.25) is 0 Å². The molecule has 1 heterocycles. The molecular weight excluding hydrogens is 88.1 g/mol. The first-order valence-electron chi connectivity index (χ1n) is 2.97. The van der Waals surface area contributed by atoms with Crippen molar-refractivity contribution in [3.8, 4) is 0 Å². The van der Waals surface area contributed by atoms with Crippen molar-refractivity contribution in [1.82, 2.24) is 0 Å². The summed E-state index contributed by atoms with van der Waals surface area (Å²) in [5.74, 6) is 0. The third-order valence-electron chi connectivity index (χ3n) is 1.58. The average Bonchev–Trinajstić information content (AvgIpc) is 2.14. The first-order valence-corrected chi connectivity index (χ1v) is 2.97. The minimum atomic E-state index is 0.750. The summed E-state index contributed by atoms with van der Waals surface area (Å²) >= 11 is 0. The van der Waals surface area contributed by atoms with Crippen LogP contribution in [0.15, 0.2) is 0 Å². The van der Waals surface area contributed by atoms with Gasteiger partial charge in [-0.3, -0.25) is 0 Å². The number of hydrogen-bond acceptors (Lipinski definition) is 1. The molecule has 2 nitrogen and oxygen atoms in total. The van der Waals surface area contributed by atoms with Gasteiger partial charge in [0.15, 0.2) is 0 Å². The standard InChI is InChI=1S/C5H12N2/c6-4-5-2-1-3-7-5/h5,7H,1-4,6H2/p+1. The molecule has 0 bridgehead atoms. The topological polar surface area (TPSA) is 42.6 Å². The van der Waals surface area contributed by atoms with E-state index in [9.17, 15) is 0 Å². The van der Waals surface area contributed by atoms with E-state index in [1.165, 1.54) is 19.4 Å². The predicted octanol–water partition coefficient (Wildman–Crippen LogP) is -1.33. The van der Waals surface area contributed by atoms with Crippen molar-refractivity contribution in [3.05, 3.63) is 0 Å². The molecule has 0 aromatic rings. The van der Waals surface area contributed by atoms with Crippen LogP contribution in [0.3, 0.4) is 0 Å². The van der Waals surface area contributed by atoms with Gasteiger partial charge in [0, 0.05) is 19.4 Å². The summed E-state index contributed by atoms with van der Waals surface area (Å²) in [6, 6.07) is 0.750. The van der Waals surface area contributed by atoms with Gasteiger partial charge >= 0.3 is 0 Å². The smallest absolute Gasteiger partial charge is 0.0985 e. The molecule has 1 rings (SSSR count). The van der Waals surface area contributed by atoms with Crippen molar-refractivity contribution in [2.24, 2.45) is 5.73 Å². The van der Waals surface area contributed by atoms with Gasteiger partial charge in [0.05, 0.1) is 12.6 Å². The van der Waals surface area contributed by atoms with E-state index in [0.717, 1.165) is 12.6 Å². The van der Waals surface area contributed by atoms with Gasteiger partial charge in [0.25, 0.3) is 0 Å². The molecule has 0 aromatic heterocycles. The molecule has 1 aliphatic rings. The van der Waals surface area contributed by atoms with Gasteiger partial charge in [-0.25, -0.2) is 0 Å². The first kappa shape index (κ1) is 5.06. The minimum absolute atomic E-state index is 0.750. The minimum Gasteiger partial charge on any atom is -0.343 e. The van der Waals surface area contributed by atoms with Crippen LogP contribution in [0.4, 0.5) is 0 Å². The van der Waals surface area contributed by atoms with Crippen molar-refractivity contribution in [3.63, 3.8) is 0 Å². The quantitative estimate of drug-likeness (QED) is 0.422. The highest BCUT2D eigenvalue weighted by molar-refractivity contribution is 4.58. The Morgan fingerprint density at radius 3 is 2.86 bits per heavy atom. The van der Waals surface area contributed by atoms with Crippen LogP contribution in [0, 0.1) is 0 Å². The average molecular weight is 101 g/mol. The molecule has 0 radical (unpaired) electrons. The van der Waals surface area contributed by atoms with Crippen LogP contribution >= 0.6 is 0 Å². The molecule has 1 unspecified atom stereocenters. The van der Waals surface area contributed by atoms with Gasteiger partial charge in [0.1, 0.15) is 0 Å². The molecule has 1 atom stereocenters. The Labute approximate surface area is 44.1 Å². The number of nitrogens with two attached hydrogens (primary N) is 2. The van der Waals surface area contributed by atoms with Crippen molar-refractivity contribution in [2.75, 3.05) is 13.1 Å². The first-order chi connectivity index (χ1) is 3.43. The van der Waals surface area contributed by atoms with Crippen molar-refractivity contribution in [2.45, 2.75) is 18.9 Å². The lowest BCUT2D eigenvalue weighted by Gasteiger charge is -1.98. The number of quaternary nitrogens is 1. The van der Waals surface area contributed by atoms with Crippen LogP contribution in [0.25, 0.3) is 0 Å². The van der Waals surface area contributed by atoms with Crippen LogP contribution in [-0.2, 0) is 0 Å². The Hall–Kier alpha value is -0.0800. The van der Waals surface area contributed by atoms with Gasteiger partial charge in [-0.1, -0.05) is 0 Å². The third-order valence-corrected chi connectivity index (χ3v) is 1.58. The molecule has 1 saturated heterocycles. The maximum atomic E-state index is 5.40. The van der Waals surface area contributed by atoms with Gasteiger partial charge in [-0.15, -0.1) is 0 Å². The van der Waals surface area contributed by atoms with Crippen LogP contribution < -0.4 is 11.1 Å². The summed E-state index contributed by atoms with van der Waals surface area (Å²) in [5.41, 5.74) is 5.40. The Balaban J connectivity index is 2.14. The largest absolute Gasteiger partial charge is 0.343 e. The molecule has 0 aliphatic carbocycles. The Kier molecular flexibility index (Phi) is 1.65. The molecule has 0 spiro atoms. The van der Waals surface area contributed by atoms with Gasteiger partial charge in [-0.2, -0.15) is 0 Å². The highest BCUT2D eigenvalue weighted by Crippen LogP contribution is 1.93. The highest BCUT2D eigenvalue weighted by Gasteiger charge is 2.14. The second-order valence-electron chi connectivity index (χ2n) is 2.16. The van der Waals surface area contributed by atoms with Crippen molar-refractivity contribution >= 4 is 0 Å². The van der Waals surface area contributed by atoms with E-state index in [-0.39, 0.29) is 0 Å². The van der Waals surface area contributed by atoms with E-state index in [0.29, 0.717) is 0 Å². The Morgan fingerprint density at radius 2 is 2.57 bits per heavy atom. The molecule has 1 fully saturated rings. The summed E-state index contributed by atoms with van der Waals surface area (Å²) < 4.78 is 0. The van der Waals surface area contributed by atoms with E-state index < -0.39 is 0 Å². The zero-order valence-electron chi connectivity index (χ0n) is 4.56. The predicted molar refractivity (Wildman–Crippen MR) is 28.9 cm³/mol. The monoisotopic (exact) mass is 101 g/mol. The second-order valence-corrected chi connectivity index (χ2v) is 2.16. The fourth-order valence-corrected chi connectivity index (χ4v) is 1.07. The maximum absolute atomic E-state index is 5.40. The lowest BCUT2D eigenvalue weighted by Crippen LogP contribution is -2.88. The van der Waals surface area contributed by atoms with E-state index in [1.54, 1.807) is 0 Å². The van der Waals surface area contributed by atoms with Crippen LogP contribution in [0.5, 0.6) is 0 Å². The summed E-state index contributed by atoms with van der Waals surface area (Å²) in [5, 5.41) is 2.33. The number of hydrogen-bond donors (Lipinski definition) is 2. The lowest BCUT2D eigenvalue weighted by atomic mass is 10.2. The zero-order chi connectivity index (χ0) is 5.11. The molecule has 0 amide bonds. The summed E-state index contributed by atoms with van der Waals surface area (Å²) in [7, 11) is 0. The van der Waals surface area contributed by atoms with E-state index in [4.69, 9.17) is 5.73 Å². The second kappa shape index (κ2) is 2.28. The molecular formula is C5H13N2+. The fraction of sp³-hybridized carbons (Fsp3) is 1.00. The molecule has 1 aliphatic heterocycles. The van der Waals surface area contributed by atoms with Gasteiger partial charge in [-0.05, 0) is 0 Å². The molecule has 0 aromatic carbocycles. The molecule has 7 heavy (non-hydrogen) atoms. The third kappa shape index (κ3) is 1.14. The zero-order valence-corrected chi connectivity index (χ0v) is 4.56. The molecule has 2 heteroatoms.